The lowest BCUT2D eigenvalue weighted by atomic mass is 9.94. The predicted molar refractivity (Wildman–Crippen MR) is 118 cm³/mol. The van der Waals surface area contributed by atoms with Crippen LogP contribution < -0.4 is 15.2 Å². The molecule has 3 N–H and O–H groups in total. The molecule has 2 aromatic carbocycles. The monoisotopic (exact) mass is 451 g/mol. The fraction of sp³-hybridized carbons (Fsp3) is 0.381. The summed E-state index contributed by atoms with van der Waals surface area (Å²) in [5.41, 5.74) is 6.22. The lowest BCUT2D eigenvalue weighted by Gasteiger charge is -2.32. The van der Waals surface area contributed by atoms with Crippen molar-refractivity contribution in [1.82, 2.24) is 4.90 Å². The Balaban J connectivity index is 1.82. The molecule has 3 rings (SSSR count). The van der Waals surface area contributed by atoms with Crippen molar-refractivity contribution in [2.45, 2.75) is 24.2 Å². The first-order valence-corrected chi connectivity index (χ1v) is 11.7. The molecule has 0 bridgehead atoms. The van der Waals surface area contributed by atoms with E-state index in [0.29, 0.717) is 41.9 Å². The van der Waals surface area contributed by atoms with E-state index in [0.717, 1.165) is 19.3 Å². The van der Waals surface area contributed by atoms with E-state index in [1.807, 2.05) is 0 Å². The van der Waals surface area contributed by atoms with E-state index in [1.54, 1.807) is 29.2 Å². The fourth-order valence-corrected chi connectivity index (χ4v) is 4.94. The molecule has 1 aliphatic rings. The summed E-state index contributed by atoms with van der Waals surface area (Å²) < 4.78 is 33.5. The maximum absolute atomic E-state index is 13.0. The molecule has 0 saturated carbocycles. The minimum atomic E-state index is -3.94. The molecule has 1 atom stereocenters. The zero-order valence-electron chi connectivity index (χ0n) is 16.8. The third-order valence-corrected chi connectivity index (χ3v) is 6.78. The zero-order chi connectivity index (χ0) is 21.7. The third kappa shape index (κ3) is 5.24. The number of carbonyl (C=O) groups is 1. The number of benzene rings is 2. The highest BCUT2D eigenvalue weighted by atomic mass is 35.5. The maximum Gasteiger partial charge on any atom is 0.262 e. The van der Waals surface area contributed by atoms with E-state index in [1.165, 1.54) is 25.3 Å². The van der Waals surface area contributed by atoms with E-state index in [4.69, 9.17) is 22.1 Å². The molecule has 9 heteroatoms. The van der Waals surface area contributed by atoms with Crippen molar-refractivity contribution in [3.05, 3.63) is 53.1 Å². The Hall–Kier alpha value is -2.29. The van der Waals surface area contributed by atoms with Crippen LogP contribution in [0.25, 0.3) is 0 Å². The molecule has 2 aromatic rings. The van der Waals surface area contributed by atoms with Gasteiger partial charge in [0.2, 0.25) is 0 Å². The van der Waals surface area contributed by atoms with Gasteiger partial charge in [-0.3, -0.25) is 9.52 Å². The molecule has 0 spiro atoms. The number of rotatable bonds is 7. The highest BCUT2D eigenvalue weighted by Crippen LogP contribution is 2.30. The second-order valence-electron chi connectivity index (χ2n) is 7.31. The SMILES string of the molecule is COc1ccc(Cl)cc1NS(=O)(=O)c1cccc(C(=O)N2CCCC(CCN)C2)c1. The van der Waals surface area contributed by atoms with E-state index >= 15 is 0 Å². The molecule has 1 aliphatic heterocycles. The van der Waals surface area contributed by atoms with Crippen LogP contribution in [0.3, 0.4) is 0 Å². The molecule has 30 heavy (non-hydrogen) atoms. The standard InChI is InChI=1S/C21H26ClN3O4S/c1-29-20-8-7-17(22)13-19(20)24-30(27,28)18-6-2-5-16(12-18)21(26)25-11-3-4-15(14-25)9-10-23/h2,5-8,12-13,15,24H,3-4,9-11,14,23H2,1H3. The van der Waals surface area contributed by atoms with Gasteiger partial charge in [0, 0.05) is 23.7 Å². The number of ether oxygens (including phenoxy) is 1. The molecule has 1 heterocycles. The summed E-state index contributed by atoms with van der Waals surface area (Å²) in [7, 11) is -2.50. The van der Waals surface area contributed by atoms with Crippen LogP contribution in [0.4, 0.5) is 5.69 Å². The summed E-state index contributed by atoms with van der Waals surface area (Å²) in [4.78, 5) is 14.7. The first-order valence-electron chi connectivity index (χ1n) is 9.80. The topological polar surface area (TPSA) is 102 Å². The largest absolute Gasteiger partial charge is 0.495 e. The van der Waals surface area contributed by atoms with Crippen LogP contribution in [-0.4, -0.2) is 46.0 Å². The minimum absolute atomic E-state index is 0.00843. The van der Waals surface area contributed by atoms with Crippen LogP contribution in [0.2, 0.25) is 5.02 Å². The van der Waals surface area contributed by atoms with Crippen LogP contribution in [0, 0.1) is 5.92 Å². The van der Waals surface area contributed by atoms with Crippen molar-refractivity contribution < 1.29 is 17.9 Å². The highest BCUT2D eigenvalue weighted by Gasteiger charge is 2.25. The second kappa shape index (κ2) is 9.68. The first-order chi connectivity index (χ1) is 14.3. The fourth-order valence-electron chi connectivity index (χ4n) is 3.66. The Morgan fingerprint density at radius 2 is 2.10 bits per heavy atom. The van der Waals surface area contributed by atoms with Crippen molar-refractivity contribution in [2.24, 2.45) is 11.7 Å². The van der Waals surface area contributed by atoms with Crippen molar-refractivity contribution in [3.63, 3.8) is 0 Å². The quantitative estimate of drug-likeness (QED) is 0.672. The normalized spacial score (nSPS) is 16.9. The van der Waals surface area contributed by atoms with E-state index in [2.05, 4.69) is 4.72 Å². The zero-order valence-corrected chi connectivity index (χ0v) is 18.4. The summed E-state index contributed by atoms with van der Waals surface area (Å²) >= 11 is 5.99. The number of piperidine rings is 1. The van der Waals surface area contributed by atoms with Gasteiger partial charge < -0.3 is 15.4 Å². The average molecular weight is 452 g/mol. The van der Waals surface area contributed by atoms with Gasteiger partial charge in [-0.15, -0.1) is 0 Å². The van der Waals surface area contributed by atoms with Gasteiger partial charge in [0.15, 0.2) is 0 Å². The molecule has 162 valence electrons. The van der Waals surface area contributed by atoms with E-state index < -0.39 is 10.0 Å². The smallest absolute Gasteiger partial charge is 0.262 e. The van der Waals surface area contributed by atoms with Crippen LogP contribution in [0.1, 0.15) is 29.6 Å². The first kappa shape index (κ1) is 22.4. The minimum Gasteiger partial charge on any atom is -0.495 e. The molecule has 1 saturated heterocycles. The van der Waals surface area contributed by atoms with Gasteiger partial charge in [-0.05, 0) is 68.1 Å². The summed E-state index contributed by atoms with van der Waals surface area (Å²) in [6, 6.07) is 10.7. The van der Waals surface area contributed by atoms with E-state index in [9.17, 15) is 13.2 Å². The molecule has 1 amide bonds. The van der Waals surface area contributed by atoms with Gasteiger partial charge in [-0.1, -0.05) is 17.7 Å². The number of likely N-dealkylation sites (tertiary alicyclic amines) is 1. The van der Waals surface area contributed by atoms with Crippen LogP contribution in [0.5, 0.6) is 5.75 Å². The number of anilines is 1. The number of nitrogens with two attached hydrogens (primary N) is 1. The molecule has 0 radical (unpaired) electrons. The van der Waals surface area contributed by atoms with Crippen molar-refractivity contribution in [3.8, 4) is 5.75 Å². The Kier molecular flexibility index (Phi) is 7.23. The number of carbonyl (C=O) groups excluding carboxylic acids is 1. The number of sulfonamides is 1. The predicted octanol–water partition coefficient (Wildman–Crippen LogP) is 3.35. The lowest BCUT2D eigenvalue weighted by Crippen LogP contribution is -2.40. The average Bonchev–Trinajstić information content (AvgIpc) is 2.74. The van der Waals surface area contributed by atoms with Crippen LogP contribution in [-0.2, 0) is 10.0 Å². The number of amides is 1. The van der Waals surface area contributed by atoms with Crippen LogP contribution >= 0.6 is 11.6 Å². The number of hydrogen-bond donors (Lipinski definition) is 2. The Morgan fingerprint density at radius 3 is 2.83 bits per heavy atom. The van der Waals surface area contributed by atoms with Gasteiger partial charge in [-0.25, -0.2) is 8.42 Å². The van der Waals surface area contributed by atoms with Crippen LogP contribution in [0.15, 0.2) is 47.4 Å². The van der Waals surface area contributed by atoms with Gasteiger partial charge in [-0.2, -0.15) is 0 Å². The van der Waals surface area contributed by atoms with Gasteiger partial charge in [0.1, 0.15) is 5.75 Å². The molecule has 0 aliphatic carbocycles. The number of halogens is 1. The molecular formula is C21H26ClN3O4S. The Morgan fingerprint density at radius 1 is 1.30 bits per heavy atom. The number of hydrogen-bond acceptors (Lipinski definition) is 5. The van der Waals surface area contributed by atoms with Gasteiger partial charge in [0.25, 0.3) is 15.9 Å². The van der Waals surface area contributed by atoms with Crippen molar-refractivity contribution in [2.75, 3.05) is 31.5 Å². The molecule has 1 fully saturated rings. The van der Waals surface area contributed by atoms with Gasteiger partial charge in [0.05, 0.1) is 17.7 Å². The van der Waals surface area contributed by atoms with E-state index in [-0.39, 0.29) is 16.5 Å². The summed E-state index contributed by atoms with van der Waals surface area (Å²) in [5, 5.41) is 0.370. The maximum atomic E-state index is 13.0. The Labute approximate surface area is 182 Å². The van der Waals surface area contributed by atoms with Crippen molar-refractivity contribution >= 4 is 33.2 Å². The molecule has 1 unspecified atom stereocenters. The van der Waals surface area contributed by atoms with Crippen molar-refractivity contribution in [1.29, 1.82) is 0 Å². The number of methoxy groups -OCH3 is 1. The van der Waals surface area contributed by atoms with Gasteiger partial charge >= 0.3 is 0 Å². The Bertz CT molecular complexity index is 1010. The number of nitrogens with zero attached hydrogens (tertiary/aromatic N) is 1. The molecular weight excluding hydrogens is 426 g/mol. The molecule has 0 aromatic heterocycles. The molecule has 7 nitrogen and oxygen atoms in total. The number of nitrogens with one attached hydrogen (secondary N) is 1. The third-order valence-electron chi connectivity index (χ3n) is 5.18. The summed E-state index contributed by atoms with van der Waals surface area (Å²) in [6.45, 7) is 1.90. The summed E-state index contributed by atoms with van der Waals surface area (Å²) in [5.74, 6) is 0.556. The second-order valence-corrected chi connectivity index (χ2v) is 9.43. The lowest BCUT2D eigenvalue weighted by molar-refractivity contribution is 0.0669. The highest BCUT2D eigenvalue weighted by molar-refractivity contribution is 7.92. The summed E-state index contributed by atoms with van der Waals surface area (Å²) in [6.07, 6.45) is 2.86.